The zero-order valence-corrected chi connectivity index (χ0v) is 10.8. The first-order chi connectivity index (χ1) is 6.71. The van der Waals surface area contributed by atoms with Crippen LogP contribution in [0.1, 0.15) is 60.3 Å². The molecule has 0 saturated carbocycles. The van der Waals surface area contributed by atoms with Gasteiger partial charge in [0.1, 0.15) is 0 Å². The molecule has 15 heavy (non-hydrogen) atoms. The topological polar surface area (TPSA) is 63.3 Å². The van der Waals surface area contributed by atoms with E-state index in [1.807, 2.05) is 0 Å². The molecule has 0 fully saturated rings. The Labute approximate surface area is 94.1 Å². The van der Waals surface area contributed by atoms with Crippen molar-refractivity contribution in [3.8, 4) is 0 Å². The van der Waals surface area contributed by atoms with Crippen LogP contribution in [0.5, 0.6) is 0 Å². The lowest BCUT2D eigenvalue weighted by atomic mass is 9.86. The third-order valence-electron chi connectivity index (χ3n) is 2.51. The molecule has 0 aliphatic rings. The van der Waals surface area contributed by atoms with E-state index in [1.165, 1.54) is 25.7 Å². The Hall–Kier alpha value is -0.570. The summed E-state index contributed by atoms with van der Waals surface area (Å²) in [5, 5.41) is 7.42. The molecule has 3 nitrogen and oxygen atoms in total. The second-order valence-electron chi connectivity index (χ2n) is 4.74. The van der Waals surface area contributed by atoms with Crippen LogP contribution in [0.2, 0.25) is 0 Å². The summed E-state index contributed by atoms with van der Waals surface area (Å²) < 4.78 is 0. The van der Waals surface area contributed by atoms with Gasteiger partial charge >= 0.3 is 0 Å². The van der Waals surface area contributed by atoms with Crippen molar-refractivity contribution >= 4 is 5.97 Å². The SMILES string of the molecule is CC(=O)O.CCCCCC(C)C(C)(C)N. The molecule has 0 bridgehead atoms. The largest absolute Gasteiger partial charge is 0.481 e. The third-order valence-corrected chi connectivity index (χ3v) is 2.51. The maximum Gasteiger partial charge on any atom is 0.300 e. The maximum absolute atomic E-state index is 9.00. The van der Waals surface area contributed by atoms with Gasteiger partial charge in [0.2, 0.25) is 0 Å². The van der Waals surface area contributed by atoms with Gasteiger partial charge in [0.05, 0.1) is 0 Å². The van der Waals surface area contributed by atoms with E-state index in [2.05, 4.69) is 27.7 Å². The number of hydrogen-bond acceptors (Lipinski definition) is 2. The van der Waals surface area contributed by atoms with Crippen LogP contribution >= 0.6 is 0 Å². The van der Waals surface area contributed by atoms with Gasteiger partial charge in [0.15, 0.2) is 0 Å². The standard InChI is InChI=1S/C10H23N.C2H4O2/c1-5-6-7-8-9(2)10(3,4)11;1-2(3)4/h9H,5-8,11H2,1-4H3;1H3,(H,3,4). The van der Waals surface area contributed by atoms with E-state index in [0.29, 0.717) is 5.92 Å². The summed E-state index contributed by atoms with van der Waals surface area (Å²) in [6.45, 7) is 9.79. The monoisotopic (exact) mass is 217 g/mol. The van der Waals surface area contributed by atoms with Gasteiger partial charge in [-0.15, -0.1) is 0 Å². The van der Waals surface area contributed by atoms with Gasteiger partial charge in [-0.3, -0.25) is 4.79 Å². The van der Waals surface area contributed by atoms with Crippen LogP contribution in [0.3, 0.4) is 0 Å². The van der Waals surface area contributed by atoms with E-state index in [-0.39, 0.29) is 5.54 Å². The Morgan fingerprint density at radius 2 is 1.80 bits per heavy atom. The molecule has 3 N–H and O–H groups in total. The quantitative estimate of drug-likeness (QED) is 0.696. The summed E-state index contributed by atoms with van der Waals surface area (Å²) in [6, 6.07) is 0. The van der Waals surface area contributed by atoms with Gasteiger partial charge in [-0.1, -0.05) is 33.1 Å². The Morgan fingerprint density at radius 1 is 1.40 bits per heavy atom. The molecule has 0 heterocycles. The van der Waals surface area contributed by atoms with Gasteiger partial charge in [0, 0.05) is 12.5 Å². The highest BCUT2D eigenvalue weighted by Crippen LogP contribution is 2.19. The summed E-state index contributed by atoms with van der Waals surface area (Å²) in [6.07, 6.45) is 5.26. The van der Waals surface area contributed by atoms with Crippen molar-refractivity contribution in [2.45, 2.75) is 65.8 Å². The first kappa shape index (κ1) is 16.8. The minimum Gasteiger partial charge on any atom is -0.481 e. The number of hydrogen-bond donors (Lipinski definition) is 2. The van der Waals surface area contributed by atoms with E-state index in [4.69, 9.17) is 15.6 Å². The zero-order chi connectivity index (χ0) is 12.5. The van der Waals surface area contributed by atoms with Crippen molar-refractivity contribution in [3.63, 3.8) is 0 Å². The molecular weight excluding hydrogens is 190 g/mol. The van der Waals surface area contributed by atoms with E-state index >= 15 is 0 Å². The first-order valence-electron chi connectivity index (χ1n) is 5.70. The van der Waals surface area contributed by atoms with Gasteiger partial charge in [-0.2, -0.15) is 0 Å². The van der Waals surface area contributed by atoms with Crippen LogP contribution in [0.25, 0.3) is 0 Å². The van der Waals surface area contributed by atoms with Gasteiger partial charge in [-0.25, -0.2) is 0 Å². The van der Waals surface area contributed by atoms with Crippen LogP contribution in [0, 0.1) is 5.92 Å². The van der Waals surface area contributed by atoms with Crippen LogP contribution in [0.4, 0.5) is 0 Å². The van der Waals surface area contributed by atoms with Crippen LogP contribution < -0.4 is 5.73 Å². The molecule has 0 saturated heterocycles. The summed E-state index contributed by atoms with van der Waals surface area (Å²) in [5.74, 6) is -0.186. The Bertz CT molecular complexity index is 157. The molecule has 0 radical (unpaired) electrons. The average Bonchev–Trinajstić information content (AvgIpc) is 2.01. The summed E-state index contributed by atoms with van der Waals surface area (Å²) >= 11 is 0. The second kappa shape index (κ2) is 8.72. The molecule has 0 rings (SSSR count). The molecule has 1 unspecified atom stereocenters. The van der Waals surface area contributed by atoms with Crippen molar-refractivity contribution < 1.29 is 9.90 Å². The first-order valence-corrected chi connectivity index (χ1v) is 5.70. The Morgan fingerprint density at radius 3 is 2.07 bits per heavy atom. The lowest BCUT2D eigenvalue weighted by Crippen LogP contribution is -2.39. The fraction of sp³-hybridized carbons (Fsp3) is 0.917. The molecule has 3 heteroatoms. The highest BCUT2D eigenvalue weighted by atomic mass is 16.4. The molecule has 0 aliphatic carbocycles. The second-order valence-corrected chi connectivity index (χ2v) is 4.74. The summed E-state index contributed by atoms with van der Waals surface area (Å²) in [5.41, 5.74) is 5.97. The van der Waals surface area contributed by atoms with Gasteiger partial charge in [-0.05, 0) is 26.2 Å². The number of unbranched alkanes of at least 4 members (excludes halogenated alkanes) is 2. The molecular formula is C12H27NO2. The predicted molar refractivity (Wildman–Crippen MR) is 64.9 cm³/mol. The van der Waals surface area contributed by atoms with Crippen molar-refractivity contribution in [2.75, 3.05) is 0 Å². The number of rotatable bonds is 5. The smallest absolute Gasteiger partial charge is 0.300 e. The molecule has 0 spiro atoms. The molecule has 92 valence electrons. The van der Waals surface area contributed by atoms with Crippen molar-refractivity contribution in [1.29, 1.82) is 0 Å². The number of nitrogens with two attached hydrogens (primary N) is 1. The molecule has 0 amide bonds. The fourth-order valence-corrected chi connectivity index (χ4v) is 1.07. The minimum atomic E-state index is -0.833. The van der Waals surface area contributed by atoms with E-state index in [1.54, 1.807) is 0 Å². The molecule has 1 atom stereocenters. The predicted octanol–water partition coefficient (Wildman–Crippen LogP) is 3.03. The average molecular weight is 217 g/mol. The Kier molecular flexibility index (Phi) is 9.79. The summed E-state index contributed by atoms with van der Waals surface area (Å²) in [7, 11) is 0. The maximum atomic E-state index is 9.00. The fourth-order valence-electron chi connectivity index (χ4n) is 1.07. The number of carboxylic acid groups (broad SMARTS) is 1. The van der Waals surface area contributed by atoms with Crippen LogP contribution in [-0.2, 0) is 4.79 Å². The van der Waals surface area contributed by atoms with Crippen molar-refractivity contribution in [1.82, 2.24) is 0 Å². The number of aliphatic carboxylic acids is 1. The minimum absolute atomic E-state index is 0.00768. The number of carboxylic acids is 1. The Balaban J connectivity index is 0. The highest BCUT2D eigenvalue weighted by Gasteiger charge is 2.19. The molecule has 0 aliphatic heterocycles. The highest BCUT2D eigenvalue weighted by molar-refractivity contribution is 5.62. The van der Waals surface area contributed by atoms with E-state index < -0.39 is 5.97 Å². The normalized spacial score (nSPS) is 12.7. The molecule has 0 aromatic carbocycles. The third kappa shape index (κ3) is 16.1. The van der Waals surface area contributed by atoms with E-state index in [9.17, 15) is 0 Å². The van der Waals surface area contributed by atoms with Gasteiger partial charge in [0.25, 0.3) is 5.97 Å². The van der Waals surface area contributed by atoms with Crippen molar-refractivity contribution in [3.05, 3.63) is 0 Å². The number of carbonyl (C=O) groups is 1. The van der Waals surface area contributed by atoms with Gasteiger partial charge < -0.3 is 10.8 Å². The van der Waals surface area contributed by atoms with Crippen LogP contribution in [-0.4, -0.2) is 16.6 Å². The zero-order valence-electron chi connectivity index (χ0n) is 10.8. The van der Waals surface area contributed by atoms with E-state index in [0.717, 1.165) is 6.92 Å². The lowest BCUT2D eigenvalue weighted by Gasteiger charge is -2.27. The lowest BCUT2D eigenvalue weighted by molar-refractivity contribution is -0.134. The van der Waals surface area contributed by atoms with Crippen LogP contribution in [0.15, 0.2) is 0 Å². The van der Waals surface area contributed by atoms with Crippen molar-refractivity contribution in [2.24, 2.45) is 11.7 Å². The molecule has 0 aromatic rings. The summed E-state index contributed by atoms with van der Waals surface area (Å²) in [4.78, 5) is 9.00. The molecule has 0 aromatic heterocycles.